The number of nitrogens with zero attached hydrogens (tertiary/aromatic N) is 4. The van der Waals surface area contributed by atoms with Crippen molar-refractivity contribution in [2.45, 2.75) is 25.2 Å². The number of carbonyl (C=O) groups excluding carboxylic acids is 1. The Hall–Kier alpha value is -3.46. The molecule has 6 nitrogen and oxygen atoms in total. The van der Waals surface area contributed by atoms with Gasteiger partial charge in [0.2, 0.25) is 0 Å². The third-order valence-electron chi connectivity index (χ3n) is 5.70. The molecule has 1 atom stereocenters. The molecule has 6 heteroatoms. The number of carbonyl (C=O) groups is 1. The van der Waals surface area contributed by atoms with Gasteiger partial charge in [0.25, 0.3) is 0 Å². The summed E-state index contributed by atoms with van der Waals surface area (Å²) < 4.78 is 4.85. The first-order valence-corrected chi connectivity index (χ1v) is 10.2. The molecule has 0 unspecified atom stereocenters. The van der Waals surface area contributed by atoms with Crippen molar-refractivity contribution in [3.63, 3.8) is 0 Å². The lowest BCUT2D eigenvalue weighted by molar-refractivity contribution is -0.141. The van der Waals surface area contributed by atoms with Gasteiger partial charge in [-0.2, -0.15) is 5.26 Å². The molecule has 1 aromatic heterocycles. The Balaban J connectivity index is 1.61. The van der Waals surface area contributed by atoms with Crippen molar-refractivity contribution in [1.82, 2.24) is 9.97 Å². The second-order valence-electron chi connectivity index (χ2n) is 7.63. The van der Waals surface area contributed by atoms with Gasteiger partial charge in [0, 0.05) is 13.1 Å². The van der Waals surface area contributed by atoms with Crippen molar-refractivity contribution >= 4 is 22.8 Å². The summed E-state index contributed by atoms with van der Waals surface area (Å²) in [5.74, 6) is -0.483. The molecule has 0 spiro atoms. The summed E-state index contributed by atoms with van der Waals surface area (Å²) in [7, 11) is 1.29. The van der Waals surface area contributed by atoms with Gasteiger partial charge < -0.3 is 9.64 Å². The molecule has 2 aromatic carbocycles. The number of esters is 1. The fourth-order valence-corrected chi connectivity index (χ4v) is 4.07. The van der Waals surface area contributed by atoms with Crippen molar-refractivity contribution in [3.8, 4) is 6.07 Å². The molecule has 30 heavy (non-hydrogen) atoms. The number of rotatable bonds is 5. The Labute approximate surface area is 176 Å². The van der Waals surface area contributed by atoms with Crippen molar-refractivity contribution in [3.05, 3.63) is 65.9 Å². The van der Waals surface area contributed by atoms with Gasteiger partial charge in [-0.1, -0.05) is 42.5 Å². The van der Waals surface area contributed by atoms with E-state index in [1.807, 2.05) is 30.3 Å². The topological polar surface area (TPSA) is 79.1 Å². The highest BCUT2D eigenvalue weighted by Gasteiger charge is 2.31. The lowest BCUT2D eigenvalue weighted by Crippen LogP contribution is -2.36. The van der Waals surface area contributed by atoms with Gasteiger partial charge in [-0.05, 0) is 42.9 Å². The Morgan fingerprint density at radius 2 is 1.73 bits per heavy atom. The maximum Gasteiger partial charge on any atom is 0.329 e. The molecule has 2 heterocycles. The summed E-state index contributed by atoms with van der Waals surface area (Å²) in [6.07, 6.45) is 3.12. The molecule has 1 aliphatic heterocycles. The van der Waals surface area contributed by atoms with E-state index < -0.39 is 11.9 Å². The first kappa shape index (κ1) is 19.8. The Morgan fingerprint density at radius 1 is 1.10 bits per heavy atom. The number of para-hydroxylation sites is 2. The van der Waals surface area contributed by atoms with E-state index in [1.165, 1.54) is 12.7 Å². The summed E-state index contributed by atoms with van der Waals surface area (Å²) in [4.78, 5) is 23.8. The number of hydrogen-bond acceptors (Lipinski definition) is 6. The number of anilines is 1. The number of hydrogen-bond donors (Lipinski definition) is 0. The standard InChI is InChI=1S/C24H24N4O2/c1-30-24(29)19(16-25)22-23(27-21-10-6-5-9-20(21)26-22)28-13-11-18(12-14-28)15-17-7-3-2-4-8-17/h2-10,18-19H,11-15H2,1H3/t19-/m0/s1. The highest BCUT2D eigenvalue weighted by Crippen LogP contribution is 2.31. The highest BCUT2D eigenvalue weighted by atomic mass is 16.5. The van der Waals surface area contributed by atoms with E-state index in [0.29, 0.717) is 22.9 Å². The fraction of sp³-hybridized carbons (Fsp3) is 0.333. The summed E-state index contributed by atoms with van der Waals surface area (Å²) in [6.45, 7) is 1.63. The smallest absolute Gasteiger partial charge is 0.329 e. The zero-order valence-electron chi connectivity index (χ0n) is 17.0. The Kier molecular flexibility index (Phi) is 5.89. The zero-order chi connectivity index (χ0) is 20.9. The predicted octanol–water partition coefficient (Wildman–Crippen LogP) is 3.87. The molecular formula is C24H24N4O2. The number of aromatic nitrogens is 2. The first-order valence-electron chi connectivity index (χ1n) is 10.2. The predicted molar refractivity (Wildman–Crippen MR) is 115 cm³/mol. The van der Waals surface area contributed by atoms with Gasteiger partial charge in [-0.3, -0.25) is 4.79 Å². The maximum absolute atomic E-state index is 12.2. The van der Waals surface area contributed by atoms with Crippen LogP contribution in [0.1, 0.15) is 30.0 Å². The van der Waals surface area contributed by atoms with E-state index in [1.54, 1.807) is 0 Å². The number of nitriles is 1. The van der Waals surface area contributed by atoms with Crippen molar-refractivity contribution < 1.29 is 9.53 Å². The van der Waals surface area contributed by atoms with E-state index in [-0.39, 0.29) is 0 Å². The number of benzene rings is 2. The summed E-state index contributed by atoms with van der Waals surface area (Å²) >= 11 is 0. The number of piperidine rings is 1. The molecule has 0 aliphatic carbocycles. The van der Waals surface area contributed by atoms with E-state index in [2.05, 4.69) is 40.2 Å². The van der Waals surface area contributed by atoms with Gasteiger partial charge in [0.1, 0.15) is 5.69 Å². The van der Waals surface area contributed by atoms with Crippen LogP contribution in [0.15, 0.2) is 54.6 Å². The largest absolute Gasteiger partial charge is 0.468 e. The van der Waals surface area contributed by atoms with Crippen molar-refractivity contribution in [1.29, 1.82) is 5.26 Å². The minimum absolute atomic E-state index is 0.379. The zero-order valence-corrected chi connectivity index (χ0v) is 17.0. The van der Waals surface area contributed by atoms with Crippen LogP contribution in [0.25, 0.3) is 11.0 Å². The molecule has 1 aliphatic rings. The van der Waals surface area contributed by atoms with Crippen LogP contribution in [0.5, 0.6) is 0 Å². The van der Waals surface area contributed by atoms with Crippen LogP contribution >= 0.6 is 0 Å². The van der Waals surface area contributed by atoms with Gasteiger partial charge in [0.15, 0.2) is 11.7 Å². The quantitative estimate of drug-likeness (QED) is 0.605. The lowest BCUT2D eigenvalue weighted by atomic mass is 9.90. The van der Waals surface area contributed by atoms with E-state index in [0.717, 1.165) is 37.9 Å². The Morgan fingerprint density at radius 3 is 2.37 bits per heavy atom. The second kappa shape index (κ2) is 8.91. The van der Waals surface area contributed by atoms with Gasteiger partial charge >= 0.3 is 5.97 Å². The molecule has 1 fully saturated rings. The van der Waals surface area contributed by atoms with Gasteiger partial charge in [-0.15, -0.1) is 0 Å². The van der Waals surface area contributed by atoms with Crippen molar-refractivity contribution in [2.75, 3.05) is 25.1 Å². The van der Waals surface area contributed by atoms with Crippen LogP contribution in [0, 0.1) is 17.2 Å². The van der Waals surface area contributed by atoms with Crippen LogP contribution < -0.4 is 4.90 Å². The van der Waals surface area contributed by atoms with E-state index in [9.17, 15) is 10.1 Å². The number of ether oxygens (including phenoxy) is 1. The van der Waals surface area contributed by atoms with Crippen LogP contribution in [0.4, 0.5) is 5.82 Å². The fourth-order valence-electron chi connectivity index (χ4n) is 4.07. The molecule has 0 saturated carbocycles. The molecule has 0 N–H and O–H groups in total. The first-order chi connectivity index (χ1) is 14.7. The Bertz CT molecular complexity index is 1070. The molecule has 4 rings (SSSR count). The second-order valence-corrected chi connectivity index (χ2v) is 7.63. The average Bonchev–Trinajstić information content (AvgIpc) is 2.80. The maximum atomic E-state index is 12.2. The van der Waals surface area contributed by atoms with E-state index in [4.69, 9.17) is 9.72 Å². The molecule has 0 bridgehead atoms. The normalized spacial score (nSPS) is 15.5. The molecule has 1 saturated heterocycles. The minimum atomic E-state index is -1.09. The number of fused-ring (bicyclic) bond motifs is 1. The molecule has 0 radical (unpaired) electrons. The molecular weight excluding hydrogens is 376 g/mol. The molecule has 3 aromatic rings. The molecule has 152 valence electrons. The monoisotopic (exact) mass is 400 g/mol. The SMILES string of the molecule is COC(=O)[C@@H](C#N)c1nc2ccccc2nc1N1CCC(Cc2ccccc2)CC1. The highest BCUT2D eigenvalue weighted by molar-refractivity contribution is 5.85. The van der Waals surface area contributed by atoms with Crippen LogP contribution in [0.3, 0.4) is 0 Å². The third kappa shape index (κ3) is 4.11. The average molecular weight is 400 g/mol. The summed E-state index contributed by atoms with van der Waals surface area (Å²) in [5, 5.41) is 9.64. The van der Waals surface area contributed by atoms with Gasteiger partial charge in [-0.25, -0.2) is 9.97 Å². The summed E-state index contributed by atoms with van der Waals surface area (Å²) in [5.41, 5.74) is 3.16. The lowest BCUT2D eigenvalue weighted by Gasteiger charge is -2.34. The van der Waals surface area contributed by atoms with Crippen LogP contribution in [-0.4, -0.2) is 36.1 Å². The van der Waals surface area contributed by atoms with Crippen LogP contribution in [0.2, 0.25) is 0 Å². The van der Waals surface area contributed by atoms with E-state index >= 15 is 0 Å². The van der Waals surface area contributed by atoms with Crippen LogP contribution in [-0.2, 0) is 16.0 Å². The van der Waals surface area contributed by atoms with Gasteiger partial charge in [0.05, 0.1) is 24.2 Å². The van der Waals surface area contributed by atoms with Crippen molar-refractivity contribution in [2.24, 2.45) is 5.92 Å². The molecule has 0 amide bonds. The third-order valence-corrected chi connectivity index (χ3v) is 5.70. The number of methoxy groups -OCH3 is 1. The summed E-state index contributed by atoms with van der Waals surface area (Å²) in [6, 6.07) is 20.1. The minimum Gasteiger partial charge on any atom is -0.468 e.